The van der Waals surface area contributed by atoms with E-state index in [1.807, 2.05) is 24.3 Å². The normalized spacial score (nSPS) is 12.8. The van der Waals surface area contributed by atoms with E-state index in [1.165, 1.54) is 5.56 Å². The Labute approximate surface area is 79.4 Å². The summed E-state index contributed by atoms with van der Waals surface area (Å²) in [5, 5.41) is 8.75. The maximum absolute atomic E-state index is 8.75. The van der Waals surface area contributed by atoms with Crippen LogP contribution >= 0.6 is 0 Å². The van der Waals surface area contributed by atoms with Gasteiger partial charge >= 0.3 is 0 Å². The zero-order valence-electron chi connectivity index (χ0n) is 8.03. The smallest absolute Gasteiger partial charge is 0.0433 e. The number of aliphatic hydroxyl groups excluding tert-OH is 1. The van der Waals surface area contributed by atoms with Crippen LogP contribution in [0.3, 0.4) is 0 Å². The molecule has 0 aliphatic carbocycles. The highest BCUT2D eigenvalue weighted by Crippen LogP contribution is 2.16. The van der Waals surface area contributed by atoms with Crippen molar-refractivity contribution in [3.05, 3.63) is 29.8 Å². The van der Waals surface area contributed by atoms with E-state index in [0.717, 1.165) is 18.5 Å². The van der Waals surface area contributed by atoms with Gasteiger partial charge in [0.05, 0.1) is 0 Å². The van der Waals surface area contributed by atoms with Crippen LogP contribution in [0, 0.1) is 5.92 Å². The average Bonchev–Trinajstić information content (AvgIpc) is 2.09. The molecule has 2 heteroatoms. The van der Waals surface area contributed by atoms with Crippen molar-refractivity contribution in [1.29, 1.82) is 0 Å². The lowest BCUT2D eigenvalue weighted by Gasteiger charge is -2.11. The molecule has 1 atom stereocenters. The Hall–Kier alpha value is -1.02. The minimum atomic E-state index is 0.258. The van der Waals surface area contributed by atoms with Crippen LogP contribution in [-0.4, -0.2) is 11.7 Å². The second-order valence-corrected chi connectivity index (χ2v) is 3.52. The Morgan fingerprint density at radius 2 is 2.08 bits per heavy atom. The highest BCUT2D eigenvalue weighted by Gasteiger charge is 2.04. The first-order valence-electron chi connectivity index (χ1n) is 4.68. The number of benzene rings is 1. The molecule has 3 N–H and O–H groups in total. The lowest BCUT2D eigenvalue weighted by atomic mass is 9.97. The summed E-state index contributed by atoms with van der Waals surface area (Å²) < 4.78 is 0. The molecule has 1 unspecified atom stereocenters. The SMILES string of the molecule is CC(CCO)Cc1ccccc1N. The van der Waals surface area contributed by atoms with Gasteiger partial charge in [-0.2, -0.15) is 0 Å². The van der Waals surface area contributed by atoms with Gasteiger partial charge in [-0.1, -0.05) is 25.1 Å². The number of rotatable bonds is 4. The van der Waals surface area contributed by atoms with Gasteiger partial charge in [0.2, 0.25) is 0 Å². The Morgan fingerprint density at radius 1 is 1.38 bits per heavy atom. The third-order valence-electron chi connectivity index (χ3n) is 2.25. The van der Waals surface area contributed by atoms with E-state index in [9.17, 15) is 0 Å². The van der Waals surface area contributed by atoms with E-state index in [1.54, 1.807) is 0 Å². The van der Waals surface area contributed by atoms with Crippen LogP contribution < -0.4 is 5.73 Å². The molecule has 1 aromatic rings. The number of hydrogen-bond acceptors (Lipinski definition) is 2. The highest BCUT2D eigenvalue weighted by molar-refractivity contribution is 5.46. The highest BCUT2D eigenvalue weighted by atomic mass is 16.3. The molecule has 1 aromatic carbocycles. The third kappa shape index (κ3) is 3.07. The summed E-state index contributed by atoms with van der Waals surface area (Å²) >= 11 is 0. The van der Waals surface area contributed by atoms with Crippen molar-refractivity contribution in [2.24, 2.45) is 5.92 Å². The Balaban J connectivity index is 2.58. The average molecular weight is 179 g/mol. The van der Waals surface area contributed by atoms with E-state index in [-0.39, 0.29) is 6.61 Å². The molecule has 0 heterocycles. The van der Waals surface area contributed by atoms with Gasteiger partial charge in [0.25, 0.3) is 0 Å². The van der Waals surface area contributed by atoms with Crippen LogP contribution in [0.5, 0.6) is 0 Å². The summed E-state index contributed by atoms with van der Waals surface area (Å²) in [6, 6.07) is 7.90. The van der Waals surface area contributed by atoms with Crippen LogP contribution in [0.1, 0.15) is 18.9 Å². The standard InChI is InChI=1S/C11H17NO/c1-9(6-7-13)8-10-4-2-3-5-11(10)12/h2-5,9,13H,6-8,12H2,1H3. The van der Waals surface area contributed by atoms with E-state index in [0.29, 0.717) is 5.92 Å². The second-order valence-electron chi connectivity index (χ2n) is 3.52. The molecule has 72 valence electrons. The summed E-state index contributed by atoms with van der Waals surface area (Å²) in [5.74, 6) is 0.495. The minimum absolute atomic E-state index is 0.258. The van der Waals surface area contributed by atoms with E-state index in [2.05, 4.69) is 6.92 Å². The molecule has 0 saturated heterocycles. The number of aliphatic hydroxyl groups is 1. The largest absolute Gasteiger partial charge is 0.399 e. The molecular formula is C11H17NO. The van der Waals surface area contributed by atoms with E-state index >= 15 is 0 Å². The molecular weight excluding hydrogens is 162 g/mol. The van der Waals surface area contributed by atoms with Gasteiger partial charge < -0.3 is 10.8 Å². The molecule has 13 heavy (non-hydrogen) atoms. The molecule has 0 spiro atoms. The van der Waals surface area contributed by atoms with Crippen molar-refractivity contribution in [2.45, 2.75) is 19.8 Å². The van der Waals surface area contributed by atoms with Crippen molar-refractivity contribution >= 4 is 5.69 Å². The van der Waals surface area contributed by atoms with E-state index in [4.69, 9.17) is 10.8 Å². The van der Waals surface area contributed by atoms with Crippen LogP contribution in [0.4, 0.5) is 5.69 Å². The predicted molar refractivity (Wildman–Crippen MR) is 55.4 cm³/mol. The molecule has 0 aliphatic rings. The monoisotopic (exact) mass is 179 g/mol. The van der Waals surface area contributed by atoms with E-state index < -0.39 is 0 Å². The number of nitrogen functional groups attached to an aromatic ring is 1. The van der Waals surface area contributed by atoms with Gasteiger partial charge in [0.1, 0.15) is 0 Å². The van der Waals surface area contributed by atoms with Crippen LogP contribution in [0.25, 0.3) is 0 Å². The van der Waals surface area contributed by atoms with Gasteiger partial charge in [-0.05, 0) is 30.4 Å². The van der Waals surface area contributed by atoms with Crippen molar-refractivity contribution in [3.63, 3.8) is 0 Å². The van der Waals surface area contributed by atoms with Gasteiger partial charge in [0, 0.05) is 12.3 Å². The first-order chi connectivity index (χ1) is 6.24. The summed E-state index contributed by atoms with van der Waals surface area (Å²) in [4.78, 5) is 0. The Kier molecular flexibility index (Phi) is 3.77. The molecule has 0 saturated carbocycles. The fourth-order valence-electron chi connectivity index (χ4n) is 1.42. The first-order valence-corrected chi connectivity index (χ1v) is 4.68. The quantitative estimate of drug-likeness (QED) is 0.693. The Bertz CT molecular complexity index is 260. The zero-order valence-corrected chi connectivity index (χ0v) is 8.03. The molecule has 0 aliphatic heterocycles. The van der Waals surface area contributed by atoms with Gasteiger partial charge in [-0.3, -0.25) is 0 Å². The molecule has 0 radical (unpaired) electrons. The lowest BCUT2D eigenvalue weighted by molar-refractivity contribution is 0.262. The second kappa shape index (κ2) is 4.87. The van der Waals surface area contributed by atoms with Crippen LogP contribution in [-0.2, 0) is 6.42 Å². The third-order valence-corrected chi connectivity index (χ3v) is 2.25. The van der Waals surface area contributed by atoms with Gasteiger partial charge in [0.15, 0.2) is 0 Å². The maximum Gasteiger partial charge on any atom is 0.0433 e. The van der Waals surface area contributed by atoms with Crippen molar-refractivity contribution in [2.75, 3.05) is 12.3 Å². The van der Waals surface area contributed by atoms with Crippen LogP contribution in [0.15, 0.2) is 24.3 Å². The van der Waals surface area contributed by atoms with Crippen molar-refractivity contribution in [1.82, 2.24) is 0 Å². The number of anilines is 1. The van der Waals surface area contributed by atoms with Crippen LogP contribution in [0.2, 0.25) is 0 Å². The molecule has 0 bridgehead atoms. The summed E-state index contributed by atoms with van der Waals surface area (Å²) in [7, 11) is 0. The number of hydrogen-bond donors (Lipinski definition) is 2. The molecule has 0 amide bonds. The maximum atomic E-state index is 8.75. The van der Waals surface area contributed by atoms with Crippen molar-refractivity contribution < 1.29 is 5.11 Å². The molecule has 2 nitrogen and oxygen atoms in total. The lowest BCUT2D eigenvalue weighted by Crippen LogP contribution is -2.04. The summed E-state index contributed by atoms with van der Waals surface area (Å²) in [6.45, 7) is 2.39. The molecule has 0 aromatic heterocycles. The Morgan fingerprint density at radius 3 is 2.69 bits per heavy atom. The fraction of sp³-hybridized carbons (Fsp3) is 0.455. The van der Waals surface area contributed by atoms with Gasteiger partial charge in [-0.25, -0.2) is 0 Å². The molecule has 1 rings (SSSR count). The fourth-order valence-corrected chi connectivity index (χ4v) is 1.42. The summed E-state index contributed by atoms with van der Waals surface area (Å²) in [5.41, 5.74) is 7.84. The molecule has 0 fully saturated rings. The number of nitrogens with two attached hydrogens (primary N) is 1. The zero-order chi connectivity index (χ0) is 9.68. The number of para-hydroxylation sites is 1. The minimum Gasteiger partial charge on any atom is -0.399 e. The summed E-state index contributed by atoms with van der Waals surface area (Å²) in [6.07, 6.45) is 1.79. The first kappa shape index (κ1) is 10.1. The van der Waals surface area contributed by atoms with Crippen molar-refractivity contribution in [3.8, 4) is 0 Å². The topological polar surface area (TPSA) is 46.2 Å². The van der Waals surface area contributed by atoms with Gasteiger partial charge in [-0.15, -0.1) is 0 Å². The predicted octanol–water partition coefficient (Wildman–Crippen LogP) is 1.83.